The number of benzene rings is 1. The molecule has 4 nitrogen and oxygen atoms in total. The Morgan fingerprint density at radius 3 is 1.97 bits per heavy atom. The summed E-state index contributed by atoms with van der Waals surface area (Å²) in [5, 5.41) is 4.56. The number of amides is 1. The monoisotopic (exact) mass is 512 g/mol. The summed E-state index contributed by atoms with van der Waals surface area (Å²) in [6.07, 6.45) is 18.9. The second-order valence-corrected chi connectivity index (χ2v) is 15.2. The van der Waals surface area contributed by atoms with E-state index in [-0.39, 0.29) is 16.7 Å². The van der Waals surface area contributed by atoms with Crippen molar-refractivity contribution in [1.29, 1.82) is 0 Å². The van der Waals surface area contributed by atoms with Gasteiger partial charge in [-0.2, -0.15) is 0 Å². The Bertz CT molecular complexity index is 1190. The fourth-order valence-electron chi connectivity index (χ4n) is 12.0. The molecule has 2 N–H and O–H groups in total. The van der Waals surface area contributed by atoms with Crippen LogP contribution >= 0.6 is 0 Å². The molecule has 0 aliphatic heterocycles. The molecule has 1 aromatic carbocycles. The first-order valence-corrected chi connectivity index (χ1v) is 15.8. The zero-order chi connectivity index (χ0) is 25.5. The van der Waals surface area contributed by atoms with Gasteiger partial charge in [-0.15, -0.1) is 0 Å². The molecule has 8 saturated carbocycles. The predicted octanol–water partition coefficient (Wildman–Crippen LogP) is 6.83. The number of H-pyrrole nitrogens is 1. The quantitative estimate of drug-likeness (QED) is 0.381. The minimum absolute atomic E-state index is 0.0570. The third-order valence-corrected chi connectivity index (χ3v) is 12.4. The van der Waals surface area contributed by atoms with E-state index in [4.69, 9.17) is 0 Å². The molecule has 4 heteroatoms. The Morgan fingerprint density at radius 2 is 1.37 bits per heavy atom. The highest BCUT2D eigenvalue weighted by Crippen LogP contribution is 2.65. The van der Waals surface area contributed by atoms with Crippen LogP contribution in [0.15, 0.2) is 30.5 Å². The highest BCUT2D eigenvalue weighted by Gasteiger charge is 2.59. The predicted molar refractivity (Wildman–Crippen MR) is 149 cm³/mol. The van der Waals surface area contributed by atoms with E-state index in [0.717, 1.165) is 66.7 Å². The Hall–Kier alpha value is -2.10. The first-order chi connectivity index (χ1) is 18.5. The summed E-state index contributed by atoms with van der Waals surface area (Å²) in [6, 6.07) is 8.38. The van der Waals surface area contributed by atoms with E-state index >= 15 is 0 Å². The molecular formula is C34H44N2O2. The molecule has 8 aliphatic carbocycles. The number of aromatic nitrogens is 1. The van der Waals surface area contributed by atoms with Gasteiger partial charge in [-0.1, -0.05) is 18.2 Å². The van der Waals surface area contributed by atoms with Crippen molar-refractivity contribution in [3.8, 4) is 0 Å². The Kier molecular flexibility index (Phi) is 5.44. The fraction of sp³-hybridized carbons (Fsp3) is 0.706. The molecule has 1 unspecified atom stereocenters. The summed E-state index contributed by atoms with van der Waals surface area (Å²) in [5.41, 5.74) is 2.52. The molecular weight excluding hydrogens is 468 g/mol. The van der Waals surface area contributed by atoms with Crippen molar-refractivity contribution >= 4 is 22.6 Å². The maximum Gasteiger partial charge on any atom is 0.231 e. The number of aromatic amines is 1. The Morgan fingerprint density at radius 1 is 0.816 bits per heavy atom. The van der Waals surface area contributed by atoms with Crippen LogP contribution in [-0.4, -0.2) is 23.2 Å². The second-order valence-electron chi connectivity index (χ2n) is 15.2. The van der Waals surface area contributed by atoms with Gasteiger partial charge in [-0.3, -0.25) is 9.59 Å². The SMILES string of the molecule is O=C(CC12CC3CC(CC(C3)C1)C2)C(C(=O)NCCc1c[nH]c2ccccc12)C12CC3CC(CC(C3)C1)C2. The maximum absolute atomic E-state index is 14.5. The molecule has 0 saturated heterocycles. The molecule has 2 aromatic rings. The van der Waals surface area contributed by atoms with Gasteiger partial charge in [0.05, 0.1) is 0 Å². The van der Waals surface area contributed by atoms with Crippen LogP contribution in [-0.2, 0) is 16.0 Å². The summed E-state index contributed by atoms with van der Waals surface area (Å²) in [6.45, 7) is 0.605. The van der Waals surface area contributed by atoms with Gasteiger partial charge in [0.2, 0.25) is 5.91 Å². The van der Waals surface area contributed by atoms with Crippen molar-refractivity contribution in [2.45, 2.75) is 89.9 Å². The Labute approximate surface area is 227 Å². The third kappa shape index (κ3) is 3.91. The van der Waals surface area contributed by atoms with Gasteiger partial charge in [0.25, 0.3) is 0 Å². The number of nitrogens with one attached hydrogen (secondary N) is 2. The van der Waals surface area contributed by atoms with E-state index in [1.165, 1.54) is 68.7 Å². The van der Waals surface area contributed by atoms with E-state index in [1.807, 2.05) is 0 Å². The lowest BCUT2D eigenvalue weighted by Crippen LogP contribution is -2.56. The molecule has 202 valence electrons. The number of ketones is 1. The normalized spacial score (nSPS) is 41.1. The standard InChI is InChI=1S/C34H44N2O2/c37-30(19-33-13-21-7-22(14-33)9-23(8-21)15-33)31(34-16-24-10-25(17-34)12-26(11-24)18-34)32(38)35-6-5-27-20-36-29-4-2-1-3-28(27)29/h1-4,20-26,31,36H,5-19H2,(H,35,38). The second kappa shape index (κ2) is 8.70. The van der Waals surface area contributed by atoms with Gasteiger partial charge < -0.3 is 10.3 Å². The maximum atomic E-state index is 14.5. The van der Waals surface area contributed by atoms with Crippen LogP contribution in [0.5, 0.6) is 0 Å². The average Bonchev–Trinajstić information content (AvgIpc) is 3.25. The van der Waals surface area contributed by atoms with Crippen molar-refractivity contribution in [2.24, 2.45) is 52.3 Å². The number of para-hydroxylation sites is 1. The fourth-order valence-corrected chi connectivity index (χ4v) is 12.0. The zero-order valence-corrected chi connectivity index (χ0v) is 22.9. The molecule has 1 heterocycles. The third-order valence-electron chi connectivity index (χ3n) is 12.4. The molecule has 1 atom stereocenters. The first kappa shape index (κ1) is 23.8. The molecule has 38 heavy (non-hydrogen) atoms. The van der Waals surface area contributed by atoms with Crippen LogP contribution in [0.1, 0.15) is 89.0 Å². The number of rotatable bonds is 8. The molecule has 8 aliphatic rings. The van der Waals surface area contributed by atoms with Gasteiger partial charge in [-0.05, 0) is 141 Å². The van der Waals surface area contributed by atoms with Crippen LogP contribution < -0.4 is 5.32 Å². The molecule has 8 bridgehead atoms. The van der Waals surface area contributed by atoms with Crippen LogP contribution in [0.3, 0.4) is 0 Å². The van der Waals surface area contributed by atoms with E-state index in [0.29, 0.717) is 18.7 Å². The van der Waals surface area contributed by atoms with E-state index < -0.39 is 5.92 Å². The summed E-state index contributed by atoms with van der Waals surface area (Å²) >= 11 is 0. The molecule has 10 rings (SSSR count). The minimum atomic E-state index is -0.424. The van der Waals surface area contributed by atoms with Crippen LogP contribution in [0.4, 0.5) is 0 Å². The van der Waals surface area contributed by atoms with Crippen molar-refractivity contribution in [3.05, 3.63) is 36.0 Å². The lowest BCUT2D eigenvalue weighted by Gasteiger charge is -2.60. The molecule has 8 fully saturated rings. The summed E-state index contributed by atoms with van der Waals surface area (Å²) in [7, 11) is 0. The van der Waals surface area contributed by atoms with E-state index in [1.54, 1.807) is 0 Å². The number of carbonyl (C=O) groups excluding carboxylic acids is 2. The number of Topliss-reactive ketones (excluding diaryl/α,β-unsaturated/α-hetero) is 1. The number of carbonyl (C=O) groups is 2. The highest BCUT2D eigenvalue weighted by molar-refractivity contribution is 6.02. The van der Waals surface area contributed by atoms with Crippen molar-refractivity contribution in [2.75, 3.05) is 6.54 Å². The number of hydrogen-bond donors (Lipinski definition) is 2. The lowest BCUT2D eigenvalue weighted by atomic mass is 9.44. The van der Waals surface area contributed by atoms with Gasteiger partial charge in [0, 0.05) is 30.1 Å². The van der Waals surface area contributed by atoms with Crippen molar-refractivity contribution < 1.29 is 9.59 Å². The molecule has 1 amide bonds. The highest BCUT2D eigenvalue weighted by atomic mass is 16.2. The molecule has 1 aromatic heterocycles. The smallest absolute Gasteiger partial charge is 0.231 e. The zero-order valence-electron chi connectivity index (χ0n) is 22.9. The summed E-state index contributed by atoms with van der Waals surface area (Å²) < 4.78 is 0. The van der Waals surface area contributed by atoms with Gasteiger partial charge in [-0.25, -0.2) is 0 Å². The minimum Gasteiger partial charge on any atom is -0.361 e. The van der Waals surface area contributed by atoms with Gasteiger partial charge >= 0.3 is 0 Å². The van der Waals surface area contributed by atoms with Crippen molar-refractivity contribution in [3.63, 3.8) is 0 Å². The lowest BCUT2D eigenvalue weighted by molar-refractivity contribution is -0.156. The summed E-state index contributed by atoms with van der Waals surface area (Å²) in [4.78, 5) is 32.0. The van der Waals surface area contributed by atoms with Crippen LogP contribution in [0.25, 0.3) is 10.9 Å². The van der Waals surface area contributed by atoms with Gasteiger partial charge in [0.15, 0.2) is 0 Å². The van der Waals surface area contributed by atoms with Crippen molar-refractivity contribution in [1.82, 2.24) is 10.3 Å². The topological polar surface area (TPSA) is 62.0 Å². The van der Waals surface area contributed by atoms with Crippen LogP contribution in [0.2, 0.25) is 0 Å². The Balaban J connectivity index is 1.04. The number of fused-ring (bicyclic) bond motifs is 1. The van der Waals surface area contributed by atoms with Gasteiger partial charge in [0.1, 0.15) is 11.7 Å². The summed E-state index contributed by atoms with van der Waals surface area (Å²) in [5.74, 6) is 4.72. The number of hydrogen-bond acceptors (Lipinski definition) is 2. The molecule has 0 radical (unpaired) electrons. The van der Waals surface area contributed by atoms with E-state index in [2.05, 4.69) is 40.8 Å². The van der Waals surface area contributed by atoms with Crippen LogP contribution in [0, 0.1) is 52.3 Å². The average molecular weight is 513 g/mol. The largest absolute Gasteiger partial charge is 0.361 e. The van der Waals surface area contributed by atoms with E-state index in [9.17, 15) is 9.59 Å². The first-order valence-electron chi connectivity index (χ1n) is 15.8. The molecule has 0 spiro atoms.